The summed E-state index contributed by atoms with van der Waals surface area (Å²) in [7, 11) is 2.55. The highest BCUT2D eigenvalue weighted by molar-refractivity contribution is 6.03. The average molecular weight is 382 g/mol. The van der Waals surface area contributed by atoms with Gasteiger partial charge in [0.05, 0.1) is 26.4 Å². The Morgan fingerprint density at radius 1 is 1.04 bits per heavy atom. The molecule has 0 N–H and O–H groups in total. The number of aryl methyl sites for hydroxylation is 2. The summed E-state index contributed by atoms with van der Waals surface area (Å²) in [5.74, 6) is -1.22. The third-order valence-electron chi connectivity index (χ3n) is 4.51. The van der Waals surface area contributed by atoms with Crippen LogP contribution in [0.5, 0.6) is 0 Å². The minimum Gasteiger partial charge on any atom is -0.466 e. The molecule has 0 saturated heterocycles. The van der Waals surface area contributed by atoms with Crippen molar-refractivity contribution in [2.75, 3.05) is 32.5 Å². The minimum absolute atomic E-state index is 0.00462. The second-order valence-electron chi connectivity index (χ2n) is 6.24. The van der Waals surface area contributed by atoms with Crippen LogP contribution in [0.15, 0.2) is 60.1 Å². The first-order valence-electron chi connectivity index (χ1n) is 8.87. The molecule has 0 saturated carbocycles. The Bertz CT molecular complexity index is 879. The van der Waals surface area contributed by atoms with Gasteiger partial charge in [-0.3, -0.25) is 4.98 Å². The Balaban J connectivity index is 1.88. The van der Waals surface area contributed by atoms with Gasteiger partial charge in [0.1, 0.15) is 12.4 Å². The molecule has 3 rings (SSSR count). The van der Waals surface area contributed by atoms with Crippen molar-refractivity contribution in [2.24, 2.45) is 0 Å². The topological polar surface area (TPSA) is 78.0 Å². The molecule has 0 unspecified atom stereocenters. The predicted molar refractivity (Wildman–Crippen MR) is 102 cm³/mol. The number of anilines is 1. The van der Waals surface area contributed by atoms with Crippen LogP contribution in [0.3, 0.4) is 0 Å². The number of ether oxygens (including phenoxy) is 3. The summed E-state index contributed by atoms with van der Waals surface area (Å²) in [4.78, 5) is 30.2. The Labute approximate surface area is 163 Å². The molecule has 2 heterocycles. The van der Waals surface area contributed by atoms with Crippen LogP contribution in [0.25, 0.3) is 0 Å². The van der Waals surface area contributed by atoms with Crippen LogP contribution in [0.2, 0.25) is 0 Å². The average Bonchev–Trinajstić information content (AvgIpc) is 2.77. The largest absolute Gasteiger partial charge is 0.466 e. The van der Waals surface area contributed by atoms with Gasteiger partial charge < -0.3 is 19.1 Å². The lowest BCUT2D eigenvalue weighted by Crippen LogP contribution is -2.38. The minimum atomic E-state index is -0.612. The van der Waals surface area contributed by atoms with Gasteiger partial charge in [-0.15, -0.1) is 0 Å². The van der Waals surface area contributed by atoms with Crippen molar-refractivity contribution >= 4 is 17.6 Å². The van der Waals surface area contributed by atoms with Crippen LogP contribution in [-0.2, 0) is 36.6 Å². The quantitative estimate of drug-likeness (QED) is 0.709. The molecule has 1 aromatic heterocycles. The first-order chi connectivity index (χ1) is 13.6. The maximum atomic E-state index is 12.4. The molecular formula is C21H22N2O5. The lowest BCUT2D eigenvalue weighted by molar-refractivity contribution is -0.140. The summed E-state index contributed by atoms with van der Waals surface area (Å²) in [6.45, 7) is 0.133. The number of esters is 2. The number of nitrogens with zero attached hydrogens (tertiary/aromatic N) is 2. The van der Waals surface area contributed by atoms with E-state index in [4.69, 9.17) is 14.2 Å². The predicted octanol–water partition coefficient (Wildman–Crippen LogP) is 2.26. The molecule has 0 spiro atoms. The molecule has 2 aromatic rings. The van der Waals surface area contributed by atoms with Crippen LogP contribution in [0.1, 0.15) is 11.1 Å². The molecule has 7 nitrogen and oxygen atoms in total. The van der Waals surface area contributed by atoms with Gasteiger partial charge in [0.25, 0.3) is 0 Å². The summed E-state index contributed by atoms with van der Waals surface area (Å²) < 4.78 is 15.2. The summed E-state index contributed by atoms with van der Waals surface area (Å²) in [5, 5.41) is 0. The molecule has 0 bridgehead atoms. The van der Waals surface area contributed by atoms with Gasteiger partial charge >= 0.3 is 11.9 Å². The Kier molecular flexibility index (Phi) is 6.39. The van der Waals surface area contributed by atoms with Gasteiger partial charge in [-0.1, -0.05) is 12.1 Å². The van der Waals surface area contributed by atoms with Gasteiger partial charge in [0, 0.05) is 18.1 Å². The number of hydrogen-bond donors (Lipinski definition) is 0. The number of hydrogen-bond acceptors (Lipinski definition) is 7. The van der Waals surface area contributed by atoms with Crippen LogP contribution in [0, 0.1) is 0 Å². The molecule has 0 radical (unpaired) electrons. The lowest BCUT2D eigenvalue weighted by atomic mass is 10.0. The van der Waals surface area contributed by atoms with Crippen molar-refractivity contribution in [3.05, 3.63) is 71.2 Å². The highest BCUT2D eigenvalue weighted by Crippen LogP contribution is 2.27. The number of rotatable bonds is 6. The first-order valence-corrected chi connectivity index (χ1v) is 8.87. The van der Waals surface area contributed by atoms with Crippen molar-refractivity contribution in [2.45, 2.75) is 12.8 Å². The lowest BCUT2D eigenvalue weighted by Gasteiger charge is -2.31. The molecule has 28 heavy (non-hydrogen) atoms. The normalized spacial score (nSPS) is 14.0. The molecule has 0 aliphatic carbocycles. The van der Waals surface area contributed by atoms with Gasteiger partial charge in [0.15, 0.2) is 0 Å². The maximum Gasteiger partial charge on any atom is 0.355 e. The molecule has 0 atom stereocenters. The fraction of sp³-hybridized carbons (Fsp3) is 0.286. The summed E-state index contributed by atoms with van der Waals surface area (Å²) in [5.41, 5.74) is 3.33. The van der Waals surface area contributed by atoms with E-state index in [2.05, 4.69) is 4.98 Å². The molecule has 0 amide bonds. The highest BCUT2D eigenvalue weighted by Gasteiger charge is 2.32. The van der Waals surface area contributed by atoms with Crippen LogP contribution >= 0.6 is 0 Å². The third kappa shape index (κ3) is 4.37. The van der Waals surface area contributed by atoms with Crippen molar-refractivity contribution in [3.63, 3.8) is 0 Å². The molecule has 1 aliphatic heterocycles. The second kappa shape index (κ2) is 9.14. The van der Waals surface area contributed by atoms with Crippen molar-refractivity contribution < 1.29 is 23.8 Å². The van der Waals surface area contributed by atoms with E-state index < -0.39 is 11.9 Å². The number of carbonyl (C=O) groups is 2. The summed E-state index contributed by atoms with van der Waals surface area (Å²) in [6, 6.07) is 11.8. The molecular weight excluding hydrogens is 360 g/mol. The number of benzene rings is 1. The number of methoxy groups -OCH3 is 2. The van der Waals surface area contributed by atoms with Crippen molar-refractivity contribution in [1.82, 2.24) is 4.98 Å². The monoisotopic (exact) mass is 382 g/mol. The fourth-order valence-electron chi connectivity index (χ4n) is 3.07. The maximum absolute atomic E-state index is 12.4. The fourth-order valence-corrected chi connectivity index (χ4v) is 3.07. The smallest absolute Gasteiger partial charge is 0.355 e. The van der Waals surface area contributed by atoms with E-state index in [0.717, 1.165) is 24.1 Å². The van der Waals surface area contributed by atoms with Crippen molar-refractivity contribution in [3.8, 4) is 0 Å². The van der Waals surface area contributed by atoms with E-state index >= 15 is 0 Å². The van der Waals surface area contributed by atoms with E-state index in [0.29, 0.717) is 0 Å². The standard InChI is InChI=1S/C21H22N2O5/c1-26-20(24)18-13-28-14-23(19(18)21(25)27-2)17-5-3-4-16(12-17)7-6-15-8-10-22-11-9-15/h3-5,8-12H,6-7,13-14H2,1-2H3. The summed E-state index contributed by atoms with van der Waals surface area (Å²) in [6.07, 6.45) is 5.25. The number of pyridine rings is 1. The zero-order chi connectivity index (χ0) is 19.9. The Morgan fingerprint density at radius 3 is 2.46 bits per heavy atom. The molecule has 7 heteroatoms. The van der Waals surface area contributed by atoms with Gasteiger partial charge in [-0.25, -0.2) is 9.59 Å². The number of carbonyl (C=O) groups excluding carboxylic acids is 2. The summed E-state index contributed by atoms with van der Waals surface area (Å²) >= 11 is 0. The number of aromatic nitrogens is 1. The Morgan fingerprint density at radius 2 is 1.75 bits per heavy atom. The van der Waals surface area contributed by atoms with Crippen LogP contribution < -0.4 is 4.90 Å². The third-order valence-corrected chi connectivity index (χ3v) is 4.51. The first kappa shape index (κ1) is 19.6. The van der Waals surface area contributed by atoms with E-state index in [-0.39, 0.29) is 24.6 Å². The van der Waals surface area contributed by atoms with Crippen LogP contribution in [0.4, 0.5) is 5.69 Å². The van der Waals surface area contributed by atoms with Crippen molar-refractivity contribution in [1.29, 1.82) is 0 Å². The van der Waals surface area contributed by atoms with E-state index in [9.17, 15) is 9.59 Å². The zero-order valence-electron chi connectivity index (χ0n) is 15.9. The molecule has 146 valence electrons. The highest BCUT2D eigenvalue weighted by atomic mass is 16.5. The van der Waals surface area contributed by atoms with Gasteiger partial charge in [0.2, 0.25) is 0 Å². The van der Waals surface area contributed by atoms with Gasteiger partial charge in [-0.05, 0) is 48.2 Å². The Hall–Kier alpha value is -3.19. The second-order valence-corrected chi connectivity index (χ2v) is 6.24. The molecule has 1 aliphatic rings. The van der Waals surface area contributed by atoms with Gasteiger partial charge in [-0.2, -0.15) is 0 Å². The molecule has 1 aromatic carbocycles. The van der Waals surface area contributed by atoms with E-state index in [1.807, 2.05) is 36.4 Å². The van der Waals surface area contributed by atoms with Crippen LogP contribution in [-0.4, -0.2) is 44.5 Å². The van der Waals surface area contributed by atoms with E-state index in [1.54, 1.807) is 17.3 Å². The zero-order valence-corrected chi connectivity index (χ0v) is 15.9. The van der Waals surface area contributed by atoms with E-state index in [1.165, 1.54) is 19.8 Å². The molecule has 0 fully saturated rings. The SMILES string of the molecule is COC(=O)C1=C(C(=O)OC)N(c2cccc(CCc3ccncc3)c2)COC1.